The molecular formula is C26H35N5O. The van der Waals surface area contributed by atoms with Gasteiger partial charge in [-0.2, -0.15) is 5.10 Å². The number of anilines is 1. The molecule has 170 valence electrons. The summed E-state index contributed by atoms with van der Waals surface area (Å²) in [5.41, 5.74) is 5.18. The van der Waals surface area contributed by atoms with Gasteiger partial charge in [0.25, 0.3) is 5.91 Å². The summed E-state index contributed by atoms with van der Waals surface area (Å²) in [6.07, 6.45) is 5.68. The molecule has 0 radical (unpaired) electrons. The van der Waals surface area contributed by atoms with E-state index in [9.17, 15) is 4.79 Å². The van der Waals surface area contributed by atoms with Crippen molar-refractivity contribution in [3.8, 4) is 0 Å². The molecule has 1 fully saturated rings. The lowest BCUT2D eigenvalue weighted by molar-refractivity contribution is 0.0915. The quantitative estimate of drug-likeness (QED) is 0.579. The van der Waals surface area contributed by atoms with Crippen molar-refractivity contribution >= 4 is 22.5 Å². The minimum atomic E-state index is -0.0221. The average molecular weight is 434 g/mol. The maximum absolute atomic E-state index is 12.6. The second-order valence-electron chi connectivity index (χ2n) is 10.0. The minimum Gasteiger partial charge on any atom is -0.382 e. The van der Waals surface area contributed by atoms with E-state index in [0.717, 1.165) is 36.9 Å². The van der Waals surface area contributed by atoms with Crippen LogP contribution >= 0.6 is 0 Å². The van der Waals surface area contributed by atoms with Gasteiger partial charge >= 0.3 is 0 Å². The third-order valence-corrected chi connectivity index (χ3v) is 6.40. The van der Waals surface area contributed by atoms with Crippen LogP contribution in [0.3, 0.4) is 0 Å². The molecule has 1 amide bonds. The standard InChI is InChI=1S/C26H35N5O/c1-6-31-23(13-14-27-31)25(32)29-19-10-8-18(9-11-19)28-22-16-24(26(3,4)5)30-21-12-7-17(2)15-20(21)22/h7,12-16,18-19H,6,8-11H2,1-5H3,(H,28,30)(H,29,32). The van der Waals surface area contributed by atoms with Crippen LogP contribution in [-0.2, 0) is 12.0 Å². The molecule has 0 aliphatic heterocycles. The summed E-state index contributed by atoms with van der Waals surface area (Å²) in [6.45, 7) is 11.4. The Bertz CT molecular complexity index is 1100. The lowest BCUT2D eigenvalue weighted by Crippen LogP contribution is -2.40. The molecule has 0 unspecified atom stereocenters. The van der Waals surface area contributed by atoms with Crippen molar-refractivity contribution in [1.29, 1.82) is 0 Å². The molecule has 32 heavy (non-hydrogen) atoms. The van der Waals surface area contributed by atoms with Crippen molar-refractivity contribution in [3.05, 3.63) is 53.5 Å². The first-order chi connectivity index (χ1) is 15.2. The number of benzene rings is 1. The molecule has 6 nitrogen and oxygen atoms in total. The fraction of sp³-hybridized carbons (Fsp3) is 0.500. The maximum Gasteiger partial charge on any atom is 0.269 e. The summed E-state index contributed by atoms with van der Waals surface area (Å²) in [4.78, 5) is 17.6. The molecule has 6 heteroatoms. The van der Waals surface area contributed by atoms with E-state index < -0.39 is 0 Å². The average Bonchev–Trinajstić information content (AvgIpc) is 3.24. The van der Waals surface area contributed by atoms with E-state index in [-0.39, 0.29) is 17.4 Å². The molecule has 1 saturated carbocycles. The van der Waals surface area contributed by atoms with Gasteiger partial charge < -0.3 is 10.6 Å². The molecule has 1 aliphatic carbocycles. The smallest absolute Gasteiger partial charge is 0.269 e. The van der Waals surface area contributed by atoms with Gasteiger partial charge in [0.15, 0.2) is 0 Å². The lowest BCUT2D eigenvalue weighted by Gasteiger charge is -2.31. The SMILES string of the molecule is CCn1nccc1C(=O)NC1CCC(Nc2cc(C(C)(C)C)nc3ccc(C)cc23)CC1. The molecule has 1 aliphatic rings. The highest BCUT2D eigenvalue weighted by atomic mass is 16.2. The Kier molecular flexibility index (Phi) is 6.22. The summed E-state index contributed by atoms with van der Waals surface area (Å²) < 4.78 is 1.74. The lowest BCUT2D eigenvalue weighted by atomic mass is 9.89. The van der Waals surface area contributed by atoms with Crippen LogP contribution in [0.15, 0.2) is 36.5 Å². The summed E-state index contributed by atoms with van der Waals surface area (Å²) in [6, 6.07) is 11.1. The summed E-state index contributed by atoms with van der Waals surface area (Å²) in [5.74, 6) is -0.0221. The molecule has 1 aromatic carbocycles. The summed E-state index contributed by atoms with van der Waals surface area (Å²) >= 11 is 0. The van der Waals surface area contributed by atoms with Gasteiger partial charge in [0.1, 0.15) is 5.69 Å². The van der Waals surface area contributed by atoms with Crippen molar-refractivity contribution < 1.29 is 4.79 Å². The zero-order chi connectivity index (χ0) is 22.9. The summed E-state index contributed by atoms with van der Waals surface area (Å²) in [5, 5.41) is 12.4. The van der Waals surface area contributed by atoms with E-state index in [1.165, 1.54) is 16.6 Å². The second kappa shape index (κ2) is 8.93. The van der Waals surface area contributed by atoms with E-state index in [4.69, 9.17) is 4.98 Å². The molecule has 2 aromatic heterocycles. The van der Waals surface area contributed by atoms with Crippen LogP contribution in [0.1, 0.15) is 75.1 Å². The molecule has 2 N–H and O–H groups in total. The van der Waals surface area contributed by atoms with Crippen LogP contribution < -0.4 is 10.6 Å². The zero-order valence-corrected chi connectivity index (χ0v) is 19.9. The van der Waals surface area contributed by atoms with Gasteiger partial charge in [-0.25, -0.2) is 0 Å². The number of carbonyl (C=O) groups is 1. The molecule has 4 rings (SSSR count). The molecule has 0 saturated heterocycles. The van der Waals surface area contributed by atoms with Crippen LogP contribution in [0, 0.1) is 6.92 Å². The fourth-order valence-corrected chi connectivity index (χ4v) is 4.48. The molecular weight excluding hydrogens is 398 g/mol. The van der Waals surface area contributed by atoms with Crippen LogP contribution in [-0.4, -0.2) is 32.8 Å². The van der Waals surface area contributed by atoms with E-state index >= 15 is 0 Å². The Morgan fingerprint density at radius 3 is 2.50 bits per heavy atom. The molecule has 0 atom stereocenters. The van der Waals surface area contributed by atoms with E-state index in [2.05, 4.69) is 67.7 Å². The Morgan fingerprint density at radius 1 is 1.09 bits per heavy atom. The number of hydrogen-bond acceptors (Lipinski definition) is 4. The van der Waals surface area contributed by atoms with Crippen LogP contribution in [0.5, 0.6) is 0 Å². The van der Waals surface area contributed by atoms with Gasteiger partial charge in [0.05, 0.1) is 5.52 Å². The van der Waals surface area contributed by atoms with Gasteiger partial charge in [-0.05, 0) is 63.8 Å². The predicted octanol–water partition coefficient (Wildman–Crippen LogP) is 5.21. The highest BCUT2D eigenvalue weighted by molar-refractivity contribution is 5.93. The van der Waals surface area contributed by atoms with Crippen molar-refractivity contribution in [3.63, 3.8) is 0 Å². The molecule has 0 spiro atoms. The van der Waals surface area contributed by atoms with Gasteiger partial charge in [-0.1, -0.05) is 32.4 Å². The Balaban J connectivity index is 1.45. The third-order valence-electron chi connectivity index (χ3n) is 6.40. The second-order valence-corrected chi connectivity index (χ2v) is 10.0. The number of nitrogens with one attached hydrogen (secondary N) is 2. The number of aromatic nitrogens is 3. The number of aryl methyl sites for hydroxylation is 2. The number of fused-ring (bicyclic) bond motifs is 1. The van der Waals surface area contributed by atoms with Gasteiger partial charge in [0.2, 0.25) is 0 Å². The third kappa shape index (κ3) is 4.79. The van der Waals surface area contributed by atoms with Crippen molar-refractivity contribution in [1.82, 2.24) is 20.1 Å². The van der Waals surface area contributed by atoms with Crippen LogP contribution in [0.2, 0.25) is 0 Å². The van der Waals surface area contributed by atoms with Crippen molar-refractivity contribution in [2.45, 2.75) is 84.3 Å². The Labute approximate surface area is 190 Å². The first-order valence-electron chi connectivity index (χ1n) is 11.8. The minimum absolute atomic E-state index is 0.0115. The number of nitrogens with zero attached hydrogens (tertiary/aromatic N) is 3. The van der Waals surface area contributed by atoms with Gasteiger partial charge in [0, 0.05) is 47.0 Å². The van der Waals surface area contributed by atoms with E-state index in [1.54, 1.807) is 16.9 Å². The Morgan fingerprint density at radius 2 is 1.81 bits per heavy atom. The molecule has 3 aromatic rings. The first kappa shape index (κ1) is 22.3. The number of hydrogen-bond donors (Lipinski definition) is 2. The largest absolute Gasteiger partial charge is 0.382 e. The number of rotatable bonds is 5. The van der Waals surface area contributed by atoms with Crippen molar-refractivity contribution in [2.75, 3.05) is 5.32 Å². The van der Waals surface area contributed by atoms with Gasteiger partial charge in [-0.15, -0.1) is 0 Å². The summed E-state index contributed by atoms with van der Waals surface area (Å²) in [7, 11) is 0. The first-order valence-corrected chi connectivity index (χ1v) is 11.8. The number of pyridine rings is 1. The highest BCUT2D eigenvalue weighted by Crippen LogP contribution is 2.32. The molecule has 0 bridgehead atoms. The number of carbonyl (C=O) groups excluding carboxylic acids is 1. The monoisotopic (exact) mass is 433 g/mol. The normalized spacial score (nSPS) is 19.2. The number of amides is 1. The topological polar surface area (TPSA) is 71.8 Å². The maximum atomic E-state index is 12.6. The van der Waals surface area contributed by atoms with Crippen LogP contribution in [0.4, 0.5) is 5.69 Å². The van der Waals surface area contributed by atoms with Crippen molar-refractivity contribution in [2.24, 2.45) is 0 Å². The molecule has 2 heterocycles. The Hall–Kier alpha value is -2.89. The van der Waals surface area contributed by atoms with Gasteiger partial charge in [-0.3, -0.25) is 14.5 Å². The zero-order valence-electron chi connectivity index (χ0n) is 19.9. The highest BCUT2D eigenvalue weighted by Gasteiger charge is 2.25. The van der Waals surface area contributed by atoms with Crippen LogP contribution in [0.25, 0.3) is 10.9 Å². The van der Waals surface area contributed by atoms with E-state index in [0.29, 0.717) is 18.3 Å². The van der Waals surface area contributed by atoms with E-state index in [1.807, 2.05) is 6.92 Å². The predicted molar refractivity (Wildman–Crippen MR) is 130 cm³/mol. The fourth-order valence-electron chi connectivity index (χ4n) is 4.48.